The van der Waals surface area contributed by atoms with Gasteiger partial charge >= 0.3 is 5.97 Å². The number of nitrogens with one attached hydrogen (secondary N) is 1. The van der Waals surface area contributed by atoms with Crippen molar-refractivity contribution in [1.29, 1.82) is 0 Å². The quantitative estimate of drug-likeness (QED) is 0.725. The van der Waals surface area contributed by atoms with Gasteiger partial charge in [-0.3, -0.25) is 4.79 Å². The zero-order chi connectivity index (χ0) is 20.0. The zero-order valence-electron chi connectivity index (χ0n) is 15.7. The Kier molecular flexibility index (Phi) is 6.65. The average molecular weight is 373 g/mol. The number of amides is 1. The molecule has 0 saturated heterocycles. The van der Waals surface area contributed by atoms with Crippen molar-refractivity contribution in [2.45, 2.75) is 19.9 Å². The van der Waals surface area contributed by atoms with Crippen molar-refractivity contribution in [2.24, 2.45) is 0 Å². The van der Waals surface area contributed by atoms with Gasteiger partial charge in [0.25, 0.3) is 5.91 Å². The lowest BCUT2D eigenvalue weighted by Crippen LogP contribution is -2.31. The number of methoxy groups -OCH3 is 2. The smallest absolute Gasteiger partial charge is 0.342 e. The molecule has 27 heavy (non-hydrogen) atoms. The van der Waals surface area contributed by atoms with Gasteiger partial charge in [-0.05, 0) is 43.7 Å². The van der Waals surface area contributed by atoms with Gasteiger partial charge in [0.2, 0.25) is 0 Å². The molecule has 0 bridgehead atoms. The molecule has 0 spiro atoms. The number of esters is 1. The first kappa shape index (κ1) is 20.1. The van der Waals surface area contributed by atoms with E-state index in [0.717, 1.165) is 5.56 Å². The summed E-state index contributed by atoms with van der Waals surface area (Å²) >= 11 is 0. The minimum absolute atomic E-state index is 0.0188. The van der Waals surface area contributed by atoms with Gasteiger partial charge in [0, 0.05) is 5.56 Å². The summed E-state index contributed by atoms with van der Waals surface area (Å²) in [6, 6.07) is 9.61. The van der Waals surface area contributed by atoms with E-state index in [1.165, 1.54) is 13.2 Å². The van der Waals surface area contributed by atoms with Gasteiger partial charge in [0.15, 0.2) is 6.61 Å². The highest BCUT2D eigenvalue weighted by Crippen LogP contribution is 2.29. The minimum Gasteiger partial charge on any atom is -0.507 e. The number of hydrogen-bond donors (Lipinski definition) is 2. The second-order valence-corrected chi connectivity index (χ2v) is 5.94. The van der Waals surface area contributed by atoms with Crippen LogP contribution in [0.25, 0.3) is 0 Å². The van der Waals surface area contributed by atoms with E-state index < -0.39 is 24.5 Å². The normalized spacial score (nSPS) is 11.4. The van der Waals surface area contributed by atoms with Gasteiger partial charge in [0.05, 0.1) is 20.3 Å². The molecular formula is C20H23NO6. The zero-order valence-corrected chi connectivity index (χ0v) is 15.7. The molecule has 7 heteroatoms. The average Bonchev–Trinajstić information content (AvgIpc) is 2.67. The molecule has 0 saturated carbocycles. The van der Waals surface area contributed by atoms with Crippen molar-refractivity contribution >= 4 is 11.9 Å². The summed E-state index contributed by atoms with van der Waals surface area (Å²) in [5.41, 5.74) is 1.30. The maximum absolute atomic E-state index is 12.1. The van der Waals surface area contributed by atoms with E-state index in [0.29, 0.717) is 17.1 Å². The van der Waals surface area contributed by atoms with Crippen molar-refractivity contribution in [3.8, 4) is 17.2 Å². The predicted octanol–water partition coefficient (Wildman–Crippen LogP) is 2.75. The van der Waals surface area contributed by atoms with E-state index in [9.17, 15) is 14.7 Å². The van der Waals surface area contributed by atoms with Crippen LogP contribution in [-0.2, 0) is 9.53 Å². The standard InChI is InChI=1S/C20H23NO6/c1-12-6-5-7-15(19(12)23)20(24)27-11-18(22)21-13(2)16-10-14(25-3)8-9-17(16)26-4/h5-10,13,23H,11H2,1-4H3,(H,21,22)/t13-/m0/s1. The van der Waals surface area contributed by atoms with Crippen molar-refractivity contribution in [3.05, 3.63) is 53.1 Å². The Balaban J connectivity index is 1.99. The molecule has 2 aromatic carbocycles. The Morgan fingerprint density at radius 2 is 1.89 bits per heavy atom. The van der Waals surface area contributed by atoms with Crippen molar-refractivity contribution in [2.75, 3.05) is 20.8 Å². The summed E-state index contributed by atoms with van der Waals surface area (Å²) in [5.74, 6) is -0.165. The summed E-state index contributed by atoms with van der Waals surface area (Å²) in [6.07, 6.45) is 0. The number of ether oxygens (including phenoxy) is 3. The van der Waals surface area contributed by atoms with Gasteiger partial charge in [-0.1, -0.05) is 12.1 Å². The van der Waals surface area contributed by atoms with Gasteiger partial charge in [-0.2, -0.15) is 0 Å². The fourth-order valence-electron chi connectivity index (χ4n) is 2.57. The lowest BCUT2D eigenvalue weighted by Gasteiger charge is -2.18. The number of rotatable bonds is 7. The number of phenolic OH excluding ortho intramolecular Hbond substituents is 1. The van der Waals surface area contributed by atoms with Crippen LogP contribution in [0.5, 0.6) is 17.2 Å². The van der Waals surface area contributed by atoms with Crippen molar-refractivity contribution < 1.29 is 28.9 Å². The number of para-hydroxylation sites is 1. The molecule has 0 fully saturated rings. The molecule has 2 N–H and O–H groups in total. The largest absolute Gasteiger partial charge is 0.507 e. The molecule has 0 aliphatic carbocycles. The number of aromatic hydroxyl groups is 1. The number of carbonyl (C=O) groups is 2. The molecule has 2 aromatic rings. The number of carbonyl (C=O) groups excluding carboxylic acids is 2. The van der Waals surface area contributed by atoms with Crippen LogP contribution in [0.2, 0.25) is 0 Å². The SMILES string of the molecule is COc1ccc(OC)c([C@H](C)NC(=O)COC(=O)c2cccc(C)c2O)c1. The van der Waals surface area contributed by atoms with Crippen LogP contribution >= 0.6 is 0 Å². The van der Waals surface area contributed by atoms with E-state index in [1.54, 1.807) is 51.3 Å². The summed E-state index contributed by atoms with van der Waals surface area (Å²) in [6.45, 7) is 2.98. The Morgan fingerprint density at radius 1 is 1.15 bits per heavy atom. The van der Waals surface area contributed by atoms with Crippen LogP contribution in [-0.4, -0.2) is 37.8 Å². The number of benzene rings is 2. The lowest BCUT2D eigenvalue weighted by molar-refractivity contribution is -0.124. The van der Waals surface area contributed by atoms with Gasteiger partial charge < -0.3 is 24.6 Å². The van der Waals surface area contributed by atoms with E-state index in [-0.39, 0.29) is 11.3 Å². The molecule has 144 valence electrons. The third-order valence-electron chi connectivity index (χ3n) is 4.07. The Bertz CT molecular complexity index is 833. The number of hydrogen-bond acceptors (Lipinski definition) is 6. The Labute approximate surface area is 157 Å². The highest BCUT2D eigenvalue weighted by atomic mass is 16.5. The van der Waals surface area contributed by atoms with Crippen LogP contribution < -0.4 is 14.8 Å². The van der Waals surface area contributed by atoms with Crippen LogP contribution in [0.15, 0.2) is 36.4 Å². The van der Waals surface area contributed by atoms with Gasteiger partial charge in [-0.15, -0.1) is 0 Å². The fraction of sp³-hybridized carbons (Fsp3) is 0.300. The van der Waals surface area contributed by atoms with Crippen LogP contribution in [0.4, 0.5) is 0 Å². The highest BCUT2D eigenvalue weighted by Gasteiger charge is 2.18. The van der Waals surface area contributed by atoms with Crippen LogP contribution in [0.3, 0.4) is 0 Å². The number of aryl methyl sites for hydroxylation is 1. The van der Waals surface area contributed by atoms with Gasteiger partial charge in [0.1, 0.15) is 22.8 Å². The molecule has 2 rings (SSSR count). The summed E-state index contributed by atoms with van der Waals surface area (Å²) in [4.78, 5) is 24.2. The van der Waals surface area contributed by atoms with Crippen LogP contribution in [0, 0.1) is 6.92 Å². The predicted molar refractivity (Wildman–Crippen MR) is 99.2 cm³/mol. The molecular weight excluding hydrogens is 350 g/mol. The van der Waals surface area contributed by atoms with Crippen molar-refractivity contribution in [3.63, 3.8) is 0 Å². The summed E-state index contributed by atoms with van der Waals surface area (Å²) in [7, 11) is 3.09. The molecule has 0 radical (unpaired) electrons. The molecule has 0 aliphatic rings. The van der Waals surface area contributed by atoms with E-state index in [4.69, 9.17) is 14.2 Å². The maximum Gasteiger partial charge on any atom is 0.342 e. The summed E-state index contributed by atoms with van der Waals surface area (Å²) in [5, 5.41) is 12.6. The second kappa shape index (κ2) is 8.93. The molecule has 0 heterocycles. The first-order valence-corrected chi connectivity index (χ1v) is 8.34. The first-order chi connectivity index (χ1) is 12.9. The van der Waals surface area contributed by atoms with E-state index in [2.05, 4.69) is 5.32 Å². The molecule has 0 unspecified atom stereocenters. The van der Waals surface area contributed by atoms with Crippen molar-refractivity contribution in [1.82, 2.24) is 5.32 Å². The Morgan fingerprint density at radius 3 is 2.56 bits per heavy atom. The van der Waals surface area contributed by atoms with E-state index in [1.807, 2.05) is 0 Å². The molecule has 1 atom stereocenters. The molecule has 7 nitrogen and oxygen atoms in total. The Hall–Kier alpha value is -3.22. The molecule has 0 aliphatic heterocycles. The second-order valence-electron chi connectivity index (χ2n) is 5.94. The molecule has 0 aromatic heterocycles. The summed E-state index contributed by atoms with van der Waals surface area (Å²) < 4.78 is 15.5. The maximum atomic E-state index is 12.1. The number of phenols is 1. The third-order valence-corrected chi connectivity index (χ3v) is 4.07. The fourth-order valence-corrected chi connectivity index (χ4v) is 2.57. The third kappa shape index (κ3) is 4.91. The van der Waals surface area contributed by atoms with E-state index >= 15 is 0 Å². The first-order valence-electron chi connectivity index (χ1n) is 8.34. The minimum atomic E-state index is -0.766. The molecule has 1 amide bonds. The van der Waals surface area contributed by atoms with Gasteiger partial charge in [-0.25, -0.2) is 4.79 Å². The highest BCUT2D eigenvalue weighted by molar-refractivity contribution is 5.94. The van der Waals surface area contributed by atoms with Crippen LogP contribution in [0.1, 0.15) is 34.5 Å². The monoisotopic (exact) mass is 373 g/mol. The lowest BCUT2D eigenvalue weighted by atomic mass is 10.1. The topological polar surface area (TPSA) is 94.1 Å².